The van der Waals surface area contributed by atoms with Crippen molar-refractivity contribution in [1.29, 1.82) is 0 Å². The van der Waals surface area contributed by atoms with Crippen LogP contribution < -0.4 is 10.1 Å². The average molecular weight is 442 g/mol. The van der Waals surface area contributed by atoms with Crippen molar-refractivity contribution in [2.75, 3.05) is 5.32 Å². The second kappa shape index (κ2) is 9.10. The van der Waals surface area contributed by atoms with Crippen molar-refractivity contribution in [2.24, 2.45) is 0 Å². The molecule has 0 aliphatic rings. The fourth-order valence-corrected chi connectivity index (χ4v) is 3.91. The smallest absolute Gasteiger partial charge is 0.318 e. The van der Waals surface area contributed by atoms with Crippen LogP contribution in [0, 0.1) is 6.92 Å². The zero-order valence-corrected chi connectivity index (χ0v) is 19.9. The predicted molar refractivity (Wildman–Crippen MR) is 134 cm³/mol. The Kier molecular flexibility index (Phi) is 6.23. The van der Waals surface area contributed by atoms with Crippen molar-refractivity contribution in [1.82, 2.24) is 9.38 Å². The van der Waals surface area contributed by atoms with E-state index in [9.17, 15) is 4.79 Å². The number of imidazole rings is 1. The lowest BCUT2D eigenvalue weighted by Crippen LogP contribution is -2.27. The third-order valence-corrected chi connectivity index (χ3v) is 5.52. The largest absolute Gasteiger partial charge is 0.426 e. The topological polar surface area (TPSA) is 55.6 Å². The number of fused-ring (bicyclic) bond motifs is 1. The van der Waals surface area contributed by atoms with E-state index >= 15 is 0 Å². The van der Waals surface area contributed by atoms with Crippen molar-refractivity contribution < 1.29 is 9.53 Å². The Morgan fingerprint density at radius 1 is 1.06 bits per heavy atom. The minimum atomic E-state index is -0.282. The molecular formula is C28H31N3O2. The molecule has 0 amide bonds. The van der Waals surface area contributed by atoms with Gasteiger partial charge in [0, 0.05) is 17.3 Å². The lowest BCUT2D eigenvalue weighted by atomic mass is 9.97. The number of benzene rings is 2. The Balaban J connectivity index is 1.62. The van der Waals surface area contributed by atoms with Crippen LogP contribution in [0.2, 0.25) is 0 Å². The lowest BCUT2D eigenvalue weighted by molar-refractivity contribution is -0.136. The summed E-state index contributed by atoms with van der Waals surface area (Å²) in [4.78, 5) is 17.7. The van der Waals surface area contributed by atoms with E-state index in [4.69, 9.17) is 9.72 Å². The second-order valence-corrected chi connectivity index (χ2v) is 9.43. The van der Waals surface area contributed by atoms with E-state index in [-0.39, 0.29) is 17.4 Å². The van der Waals surface area contributed by atoms with Crippen molar-refractivity contribution in [2.45, 2.75) is 52.5 Å². The van der Waals surface area contributed by atoms with Gasteiger partial charge in [0.2, 0.25) is 0 Å². The fraction of sp³-hybridized carbons (Fsp3) is 0.286. The molecule has 2 aromatic heterocycles. The molecule has 0 fully saturated rings. The van der Waals surface area contributed by atoms with Gasteiger partial charge in [-0.2, -0.15) is 0 Å². The van der Waals surface area contributed by atoms with Crippen LogP contribution in [-0.2, 0) is 4.79 Å². The molecule has 5 heteroatoms. The summed E-state index contributed by atoms with van der Waals surface area (Å²) in [7, 11) is 0. The van der Waals surface area contributed by atoms with Crippen LogP contribution in [0.3, 0.4) is 0 Å². The van der Waals surface area contributed by atoms with Crippen LogP contribution >= 0.6 is 0 Å². The first kappa shape index (κ1) is 22.6. The summed E-state index contributed by atoms with van der Waals surface area (Å²) in [5.74, 6) is 0.949. The number of nitrogens with zero attached hydrogens (tertiary/aromatic N) is 2. The molecule has 4 rings (SSSR count). The number of pyridine rings is 1. The van der Waals surface area contributed by atoms with Crippen LogP contribution in [-0.4, -0.2) is 20.9 Å². The van der Waals surface area contributed by atoms with E-state index in [2.05, 4.69) is 49.5 Å². The Morgan fingerprint density at radius 3 is 2.39 bits per heavy atom. The Bertz CT molecular complexity index is 1250. The molecule has 0 aliphatic heterocycles. The predicted octanol–water partition coefficient (Wildman–Crippen LogP) is 6.62. The maximum Gasteiger partial charge on any atom is 0.318 e. The highest BCUT2D eigenvalue weighted by molar-refractivity contribution is 5.81. The van der Waals surface area contributed by atoms with Gasteiger partial charge in [0.25, 0.3) is 0 Å². The zero-order chi connectivity index (χ0) is 23.6. The molecule has 5 nitrogen and oxygen atoms in total. The summed E-state index contributed by atoms with van der Waals surface area (Å²) in [5.41, 5.74) is 4.72. The summed E-state index contributed by atoms with van der Waals surface area (Å²) < 4.78 is 7.79. The van der Waals surface area contributed by atoms with Crippen LogP contribution in [0.15, 0.2) is 72.9 Å². The second-order valence-electron chi connectivity index (χ2n) is 9.43. The number of nitrogens with one attached hydrogen (secondary N) is 1. The van der Waals surface area contributed by atoms with E-state index in [1.165, 1.54) is 0 Å². The van der Waals surface area contributed by atoms with Gasteiger partial charge in [-0.05, 0) is 81.6 Å². The number of hydrogen-bond donors (Lipinski definition) is 1. The molecule has 0 saturated carbocycles. The standard InChI is InChI=1S/C28H31N3O2/c1-6-23(20-10-8-7-9-11-20)27(32)33-22-14-12-21(13-15-22)25-26(30-28(3,4)5)31-17-16-19(2)18-24(31)29-25/h7-18,23,30H,6H2,1-5H3. The van der Waals surface area contributed by atoms with Gasteiger partial charge in [0.1, 0.15) is 22.9 Å². The number of carbonyl (C=O) groups excluding carboxylic acids is 1. The number of carbonyl (C=O) groups is 1. The number of anilines is 1. The quantitative estimate of drug-likeness (QED) is 0.270. The Morgan fingerprint density at radius 2 is 1.76 bits per heavy atom. The summed E-state index contributed by atoms with van der Waals surface area (Å²) in [6.45, 7) is 10.4. The van der Waals surface area contributed by atoms with E-state index in [0.717, 1.165) is 33.8 Å². The minimum Gasteiger partial charge on any atom is -0.426 e. The number of rotatable bonds is 6. The molecule has 1 N–H and O–H groups in total. The number of hydrogen-bond acceptors (Lipinski definition) is 4. The first-order chi connectivity index (χ1) is 15.7. The van der Waals surface area contributed by atoms with E-state index < -0.39 is 0 Å². The normalized spacial score (nSPS) is 12.5. The van der Waals surface area contributed by atoms with Gasteiger partial charge in [0.05, 0.1) is 5.92 Å². The molecule has 1 atom stereocenters. The Labute approximate surface area is 195 Å². The molecule has 0 aliphatic carbocycles. The average Bonchev–Trinajstić information content (AvgIpc) is 3.11. The number of aryl methyl sites for hydroxylation is 1. The molecule has 0 bridgehead atoms. The van der Waals surface area contributed by atoms with Gasteiger partial charge in [-0.15, -0.1) is 0 Å². The highest BCUT2D eigenvalue weighted by Gasteiger charge is 2.22. The third kappa shape index (κ3) is 5.08. The molecule has 2 aromatic carbocycles. The van der Waals surface area contributed by atoms with Gasteiger partial charge in [-0.25, -0.2) is 4.98 Å². The van der Waals surface area contributed by atoms with Crippen LogP contribution in [0.1, 0.15) is 51.2 Å². The van der Waals surface area contributed by atoms with Gasteiger partial charge >= 0.3 is 5.97 Å². The molecule has 4 aromatic rings. The SMILES string of the molecule is CCC(C(=O)Oc1ccc(-c2nc3cc(C)ccn3c2NC(C)(C)C)cc1)c1ccccc1. The molecule has 1 unspecified atom stereocenters. The monoisotopic (exact) mass is 441 g/mol. The maximum atomic E-state index is 12.8. The highest BCUT2D eigenvalue weighted by atomic mass is 16.5. The van der Waals surface area contributed by atoms with Gasteiger partial charge in [0.15, 0.2) is 0 Å². The highest BCUT2D eigenvalue weighted by Crippen LogP contribution is 2.32. The van der Waals surface area contributed by atoms with E-state index in [0.29, 0.717) is 12.2 Å². The molecule has 0 saturated heterocycles. The van der Waals surface area contributed by atoms with E-state index in [1.54, 1.807) is 0 Å². The molecule has 0 spiro atoms. The molecule has 0 radical (unpaired) electrons. The summed E-state index contributed by atoms with van der Waals surface area (Å²) >= 11 is 0. The first-order valence-electron chi connectivity index (χ1n) is 11.4. The van der Waals surface area contributed by atoms with Crippen molar-refractivity contribution in [3.63, 3.8) is 0 Å². The van der Waals surface area contributed by atoms with E-state index in [1.807, 2.05) is 67.7 Å². The van der Waals surface area contributed by atoms with Crippen LogP contribution in [0.25, 0.3) is 16.9 Å². The fourth-order valence-electron chi connectivity index (χ4n) is 3.91. The van der Waals surface area contributed by atoms with Crippen molar-refractivity contribution in [3.8, 4) is 17.0 Å². The van der Waals surface area contributed by atoms with Gasteiger partial charge in [-0.3, -0.25) is 9.20 Å². The first-order valence-corrected chi connectivity index (χ1v) is 11.4. The molecule has 170 valence electrons. The Hall–Kier alpha value is -3.60. The molecule has 33 heavy (non-hydrogen) atoms. The van der Waals surface area contributed by atoms with Gasteiger partial charge in [-0.1, -0.05) is 37.3 Å². The lowest BCUT2D eigenvalue weighted by Gasteiger charge is -2.22. The number of aromatic nitrogens is 2. The summed E-state index contributed by atoms with van der Waals surface area (Å²) in [6, 6.07) is 21.5. The molecule has 2 heterocycles. The van der Waals surface area contributed by atoms with Crippen molar-refractivity contribution >= 4 is 17.4 Å². The molecular weight excluding hydrogens is 410 g/mol. The van der Waals surface area contributed by atoms with Gasteiger partial charge < -0.3 is 10.1 Å². The van der Waals surface area contributed by atoms with Crippen molar-refractivity contribution in [3.05, 3.63) is 84.1 Å². The number of esters is 1. The van der Waals surface area contributed by atoms with Crippen LogP contribution in [0.4, 0.5) is 5.82 Å². The minimum absolute atomic E-state index is 0.127. The summed E-state index contributed by atoms with van der Waals surface area (Å²) in [5, 5.41) is 3.59. The number of ether oxygens (including phenoxy) is 1. The zero-order valence-electron chi connectivity index (χ0n) is 19.9. The summed E-state index contributed by atoms with van der Waals surface area (Å²) in [6.07, 6.45) is 2.73. The third-order valence-electron chi connectivity index (χ3n) is 5.52. The van der Waals surface area contributed by atoms with Crippen LogP contribution in [0.5, 0.6) is 5.75 Å². The maximum absolute atomic E-state index is 12.8.